The summed E-state index contributed by atoms with van der Waals surface area (Å²) in [5, 5.41) is 5.46. The van der Waals surface area contributed by atoms with E-state index in [0.717, 1.165) is 0 Å². The Morgan fingerprint density at radius 1 is 1.12 bits per heavy atom. The Kier molecular flexibility index (Phi) is 8.19. The van der Waals surface area contributed by atoms with E-state index >= 15 is 0 Å². The molecule has 0 aromatic heterocycles. The molecule has 0 spiro atoms. The second kappa shape index (κ2) is 10.9. The van der Waals surface area contributed by atoms with Crippen LogP contribution in [0.15, 0.2) is 71.6 Å². The molecule has 11 heteroatoms. The Morgan fingerprint density at radius 2 is 1.82 bits per heavy atom. The molecule has 7 nitrogen and oxygen atoms in total. The Balaban J connectivity index is 1.87. The zero-order valence-electron chi connectivity index (χ0n) is 18.4. The first-order valence-electron chi connectivity index (χ1n) is 10.1. The van der Waals surface area contributed by atoms with E-state index in [1.165, 1.54) is 41.7 Å². The zero-order valence-corrected chi connectivity index (χ0v) is 20.8. The molecule has 0 aliphatic heterocycles. The fourth-order valence-corrected chi connectivity index (χ4v) is 5.11. The maximum Gasteiger partial charge on any atom is 0.264 e. The molecule has 0 saturated heterocycles. The van der Waals surface area contributed by atoms with E-state index in [4.69, 9.17) is 36.4 Å². The molecule has 0 heterocycles. The Bertz CT molecular complexity index is 1320. The van der Waals surface area contributed by atoms with Gasteiger partial charge in [-0.3, -0.25) is 14.4 Å². The van der Waals surface area contributed by atoms with Crippen molar-refractivity contribution in [1.82, 2.24) is 5.32 Å². The van der Waals surface area contributed by atoms with E-state index in [9.17, 15) is 13.2 Å². The summed E-state index contributed by atoms with van der Waals surface area (Å²) in [6, 6.07) is 17.6. The highest BCUT2D eigenvalue weighted by atomic mass is 35.5. The van der Waals surface area contributed by atoms with Crippen LogP contribution < -0.4 is 25.1 Å². The van der Waals surface area contributed by atoms with Gasteiger partial charge in [0.25, 0.3) is 15.9 Å². The lowest BCUT2D eigenvalue weighted by Crippen LogP contribution is -2.35. The summed E-state index contributed by atoms with van der Waals surface area (Å²) in [4.78, 5) is 12.6. The molecule has 2 radical (unpaired) electrons. The fraction of sp³-hybridized carbons (Fsp3) is 0.130. The van der Waals surface area contributed by atoms with E-state index in [-0.39, 0.29) is 32.8 Å². The number of benzene rings is 3. The summed E-state index contributed by atoms with van der Waals surface area (Å²) in [6.45, 7) is 1.98. The van der Waals surface area contributed by atoms with Crippen LogP contribution in [0.4, 0.5) is 11.4 Å². The van der Waals surface area contributed by atoms with Crippen LogP contribution in [-0.4, -0.2) is 40.9 Å². The number of nitrogens with one attached hydrogen (secondary N) is 2. The first-order valence-corrected chi connectivity index (χ1v) is 12.3. The van der Waals surface area contributed by atoms with Gasteiger partial charge in [-0.05, 0) is 55.5 Å². The largest absolute Gasteiger partial charge is 0.495 e. The molecular weight excluding hydrogens is 493 g/mol. The van der Waals surface area contributed by atoms with Crippen molar-refractivity contribution >= 4 is 69.5 Å². The Morgan fingerprint density at radius 3 is 2.47 bits per heavy atom. The minimum absolute atomic E-state index is 0.0227. The second-order valence-corrected chi connectivity index (χ2v) is 9.69. The van der Waals surface area contributed by atoms with E-state index in [1.54, 1.807) is 37.3 Å². The van der Waals surface area contributed by atoms with Crippen molar-refractivity contribution in [3.8, 4) is 5.75 Å². The topological polar surface area (TPSA) is 87.7 Å². The summed E-state index contributed by atoms with van der Waals surface area (Å²) in [5.74, 6) is -0.237. The molecule has 2 N–H and O–H groups in total. The highest BCUT2D eigenvalue weighted by Crippen LogP contribution is 2.30. The molecule has 3 aromatic carbocycles. The lowest BCUT2D eigenvalue weighted by atomic mass is 9.94. The number of carbonyl (C=O) groups excluding carboxylic acids is 1. The van der Waals surface area contributed by atoms with Crippen LogP contribution in [-0.2, 0) is 10.0 Å². The van der Waals surface area contributed by atoms with Gasteiger partial charge in [-0.25, -0.2) is 8.42 Å². The van der Waals surface area contributed by atoms with Gasteiger partial charge in [-0.15, -0.1) is 0 Å². The van der Waals surface area contributed by atoms with Crippen LogP contribution in [0, 0.1) is 0 Å². The third-order valence-electron chi connectivity index (χ3n) is 4.80. The summed E-state index contributed by atoms with van der Waals surface area (Å²) in [6.07, 6.45) is 0. The van der Waals surface area contributed by atoms with E-state index < -0.39 is 15.9 Å². The number of anilines is 2. The molecular formula is C23H21BClN3O4S2. The van der Waals surface area contributed by atoms with Crippen LogP contribution in [0.3, 0.4) is 0 Å². The van der Waals surface area contributed by atoms with Crippen LogP contribution >= 0.6 is 23.8 Å². The molecule has 3 aromatic rings. The zero-order chi connectivity index (χ0) is 24.9. The van der Waals surface area contributed by atoms with Gasteiger partial charge < -0.3 is 10.1 Å². The lowest BCUT2D eigenvalue weighted by molar-refractivity contribution is 0.0978. The quantitative estimate of drug-likeness (QED) is 0.371. The molecule has 34 heavy (non-hydrogen) atoms. The predicted molar refractivity (Wildman–Crippen MR) is 140 cm³/mol. The Labute approximate surface area is 210 Å². The van der Waals surface area contributed by atoms with Gasteiger partial charge in [0, 0.05) is 6.54 Å². The number of amides is 1. The average Bonchev–Trinajstić information content (AvgIpc) is 2.81. The van der Waals surface area contributed by atoms with Gasteiger partial charge in [0.15, 0.2) is 5.11 Å². The van der Waals surface area contributed by atoms with Gasteiger partial charge in [-0.1, -0.05) is 47.4 Å². The third kappa shape index (κ3) is 5.70. The molecule has 0 saturated carbocycles. The van der Waals surface area contributed by atoms with E-state index in [1.807, 2.05) is 6.07 Å². The van der Waals surface area contributed by atoms with Crippen molar-refractivity contribution in [2.45, 2.75) is 11.8 Å². The summed E-state index contributed by atoms with van der Waals surface area (Å²) in [7, 11) is 3.28. The van der Waals surface area contributed by atoms with Crippen molar-refractivity contribution in [2.24, 2.45) is 0 Å². The maximum atomic E-state index is 13.4. The highest BCUT2D eigenvalue weighted by Gasteiger charge is 2.25. The van der Waals surface area contributed by atoms with Crippen LogP contribution in [0.1, 0.15) is 17.3 Å². The first kappa shape index (κ1) is 25.5. The number of nitrogens with zero attached hydrogens (tertiary/aromatic N) is 1. The van der Waals surface area contributed by atoms with Gasteiger partial charge in [0.05, 0.1) is 34.0 Å². The number of rotatable bonds is 7. The highest BCUT2D eigenvalue weighted by molar-refractivity contribution is 7.92. The first-order chi connectivity index (χ1) is 16.2. The monoisotopic (exact) mass is 513 g/mol. The van der Waals surface area contributed by atoms with Gasteiger partial charge in [0.2, 0.25) is 0 Å². The number of ether oxygens (including phenoxy) is 1. The van der Waals surface area contributed by atoms with Crippen molar-refractivity contribution in [1.29, 1.82) is 0 Å². The Hall–Kier alpha value is -3.08. The average molecular weight is 514 g/mol. The molecule has 0 aliphatic rings. The van der Waals surface area contributed by atoms with E-state index in [0.29, 0.717) is 16.9 Å². The van der Waals surface area contributed by atoms with Gasteiger partial charge in [-0.2, -0.15) is 0 Å². The number of halogens is 1. The molecule has 0 atom stereocenters. The standard InChI is InChI=1S/C23H21BClN3O4S2/c1-3-28(16-7-5-4-6-8-16)34(30,31)17-10-12-21(32-2)20(14-17)26-23(33)27-22(29)18-13-15(24)9-11-19(18)25/h4-14H,3H2,1-2H3,(H2,26,27,29,33). The van der Waals surface area contributed by atoms with Gasteiger partial charge in [0.1, 0.15) is 13.6 Å². The molecule has 1 amide bonds. The van der Waals surface area contributed by atoms with Crippen molar-refractivity contribution in [2.75, 3.05) is 23.3 Å². The molecule has 3 rings (SSSR count). The summed E-state index contributed by atoms with van der Waals surface area (Å²) < 4.78 is 33.3. The van der Waals surface area contributed by atoms with Crippen molar-refractivity contribution < 1.29 is 17.9 Å². The predicted octanol–water partition coefficient (Wildman–Crippen LogP) is 3.48. The molecule has 174 valence electrons. The smallest absolute Gasteiger partial charge is 0.264 e. The molecule has 0 bridgehead atoms. The van der Waals surface area contributed by atoms with Gasteiger partial charge >= 0.3 is 0 Å². The number of carbonyl (C=O) groups is 1. The minimum atomic E-state index is -3.89. The number of thiocarbonyl (C=S) groups is 1. The fourth-order valence-electron chi connectivity index (χ4n) is 3.20. The van der Waals surface area contributed by atoms with Crippen LogP contribution in [0.2, 0.25) is 5.02 Å². The molecule has 0 aliphatic carbocycles. The normalized spacial score (nSPS) is 10.9. The lowest BCUT2D eigenvalue weighted by Gasteiger charge is -2.23. The summed E-state index contributed by atoms with van der Waals surface area (Å²) >= 11 is 11.3. The number of sulfonamides is 1. The minimum Gasteiger partial charge on any atom is -0.495 e. The molecule has 0 unspecified atom stereocenters. The second-order valence-electron chi connectivity index (χ2n) is 7.01. The van der Waals surface area contributed by atoms with Crippen molar-refractivity contribution in [3.63, 3.8) is 0 Å². The number of para-hydroxylation sites is 1. The third-order valence-corrected chi connectivity index (χ3v) is 7.23. The van der Waals surface area contributed by atoms with Crippen LogP contribution in [0.5, 0.6) is 5.75 Å². The maximum absolute atomic E-state index is 13.4. The van der Waals surface area contributed by atoms with E-state index in [2.05, 4.69) is 10.6 Å². The number of methoxy groups -OCH3 is 1. The van der Waals surface area contributed by atoms with Crippen LogP contribution in [0.25, 0.3) is 0 Å². The summed E-state index contributed by atoms with van der Waals surface area (Å²) in [5.41, 5.74) is 1.32. The number of hydrogen-bond acceptors (Lipinski definition) is 5. The number of hydrogen-bond donors (Lipinski definition) is 2. The molecule has 0 fully saturated rings. The van der Waals surface area contributed by atoms with Crippen molar-refractivity contribution in [3.05, 3.63) is 77.3 Å². The SMILES string of the molecule is [B]c1ccc(Cl)c(C(=O)NC(=S)Nc2cc(S(=O)(=O)N(CC)c3ccccc3)ccc2OC)c1.